The Bertz CT molecular complexity index is 924. The zero-order chi connectivity index (χ0) is 17.1. The Labute approximate surface area is 141 Å². The van der Waals surface area contributed by atoms with Gasteiger partial charge in [-0.25, -0.2) is 0 Å². The number of fused-ring (bicyclic) bond motifs is 1. The molecule has 3 aromatic rings. The van der Waals surface area contributed by atoms with E-state index >= 15 is 0 Å². The fraction of sp³-hybridized carbons (Fsp3) is 0.133. The van der Waals surface area contributed by atoms with Crippen LogP contribution in [-0.4, -0.2) is 31.2 Å². The second-order valence-corrected chi connectivity index (χ2v) is 5.95. The summed E-state index contributed by atoms with van der Waals surface area (Å²) < 4.78 is 1.79. The molecule has 0 atom stereocenters. The number of non-ortho nitro benzene ring substituents is 1. The Hall–Kier alpha value is -2.94. The molecule has 122 valence electrons. The SMILES string of the molecule is Cc1ccc([N+](=O)[O-])cc1NC(=O)CSc1nnc2ccccn12. The number of thioether (sulfide) groups is 1. The van der Waals surface area contributed by atoms with Gasteiger partial charge in [-0.15, -0.1) is 10.2 Å². The Kier molecular flexibility index (Phi) is 4.43. The molecule has 8 nitrogen and oxygen atoms in total. The molecule has 1 amide bonds. The number of anilines is 1. The van der Waals surface area contributed by atoms with Crippen molar-refractivity contribution < 1.29 is 9.72 Å². The third-order valence-electron chi connectivity index (χ3n) is 3.32. The topological polar surface area (TPSA) is 102 Å². The van der Waals surface area contributed by atoms with Crippen LogP contribution in [0.2, 0.25) is 0 Å². The average molecular weight is 343 g/mol. The smallest absolute Gasteiger partial charge is 0.271 e. The van der Waals surface area contributed by atoms with Crippen LogP contribution in [0, 0.1) is 17.0 Å². The van der Waals surface area contributed by atoms with Crippen LogP contribution in [-0.2, 0) is 4.79 Å². The van der Waals surface area contributed by atoms with Crippen LogP contribution < -0.4 is 5.32 Å². The number of benzene rings is 1. The summed E-state index contributed by atoms with van der Waals surface area (Å²) in [6.07, 6.45) is 1.82. The van der Waals surface area contributed by atoms with E-state index in [0.29, 0.717) is 16.5 Å². The second kappa shape index (κ2) is 6.67. The first kappa shape index (κ1) is 15.9. The van der Waals surface area contributed by atoms with E-state index in [1.165, 1.54) is 23.9 Å². The summed E-state index contributed by atoms with van der Waals surface area (Å²) in [4.78, 5) is 22.5. The van der Waals surface area contributed by atoms with Crippen molar-refractivity contribution in [3.63, 3.8) is 0 Å². The van der Waals surface area contributed by atoms with E-state index in [9.17, 15) is 14.9 Å². The summed E-state index contributed by atoms with van der Waals surface area (Å²) in [6, 6.07) is 9.90. The minimum absolute atomic E-state index is 0.0630. The monoisotopic (exact) mass is 343 g/mol. The lowest BCUT2D eigenvalue weighted by atomic mass is 10.2. The first-order chi connectivity index (χ1) is 11.5. The van der Waals surface area contributed by atoms with Crippen molar-refractivity contribution in [2.45, 2.75) is 12.1 Å². The standard InChI is InChI=1S/C15H13N5O3S/c1-10-5-6-11(20(22)23)8-12(10)16-14(21)9-24-15-18-17-13-4-2-3-7-19(13)15/h2-8H,9H2,1H3,(H,16,21). The van der Waals surface area contributed by atoms with Gasteiger partial charge in [-0.3, -0.25) is 19.3 Å². The van der Waals surface area contributed by atoms with Gasteiger partial charge < -0.3 is 5.32 Å². The summed E-state index contributed by atoms with van der Waals surface area (Å²) in [7, 11) is 0. The molecule has 9 heteroatoms. The van der Waals surface area contributed by atoms with Gasteiger partial charge in [-0.2, -0.15) is 0 Å². The molecule has 0 spiro atoms. The highest BCUT2D eigenvalue weighted by Crippen LogP contribution is 2.23. The third kappa shape index (κ3) is 3.35. The average Bonchev–Trinajstić information content (AvgIpc) is 2.98. The van der Waals surface area contributed by atoms with Crippen molar-refractivity contribution in [2.75, 3.05) is 11.1 Å². The predicted molar refractivity (Wildman–Crippen MR) is 90.2 cm³/mol. The Morgan fingerprint density at radius 3 is 2.96 bits per heavy atom. The summed E-state index contributed by atoms with van der Waals surface area (Å²) in [5.74, 6) is -0.144. The molecule has 0 unspecified atom stereocenters. The lowest BCUT2D eigenvalue weighted by Crippen LogP contribution is -2.15. The highest BCUT2D eigenvalue weighted by atomic mass is 32.2. The van der Waals surface area contributed by atoms with Crippen LogP contribution in [0.5, 0.6) is 0 Å². The quantitative estimate of drug-likeness (QED) is 0.434. The molecular weight excluding hydrogens is 330 g/mol. The molecule has 0 radical (unpaired) electrons. The van der Waals surface area contributed by atoms with Crippen molar-refractivity contribution in [2.24, 2.45) is 0 Å². The molecule has 2 heterocycles. The number of nitro groups is 1. The minimum Gasteiger partial charge on any atom is -0.325 e. The van der Waals surface area contributed by atoms with Gasteiger partial charge in [0.15, 0.2) is 10.8 Å². The fourth-order valence-corrected chi connectivity index (χ4v) is 2.82. The maximum absolute atomic E-state index is 12.1. The number of rotatable bonds is 5. The predicted octanol–water partition coefficient (Wildman–Crippen LogP) is 2.68. The van der Waals surface area contributed by atoms with Gasteiger partial charge in [0.1, 0.15) is 0 Å². The number of nitrogens with zero attached hydrogens (tertiary/aromatic N) is 4. The van der Waals surface area contributed by atoms with E-state index in [2.05, 4.69) is 15.5 Å². The zero-order valence-corrected chi connectivity index (χ0v) is 13.5. The van der Waals surface area contributed by atoms with E-state index in [-0.39, 0.29) is 17.3 Å². The van der Waals surface area contributed by atoms with E-state index in [4.69, 9.17) is 0 Å². The fourth-order valence-electron chi connectivity index (χ4n) is 2.09. The number of pyridine rings is 1. The highest BCUT2D eigenvalue weighted by molar-refractivity contribution is 7.99. The van der Waals surface area contributed by atoms with E-state index in [0.717, 1.165) is 5.56 Å². The number of hydrogen-bond donors (Lipinski definition) is 1. The lowest BCUT2D eigenvalue weighted by Gasteiger charge is -2.07. The number of hydrogen-bond acceptors (Lipinski definition) is 6. The van der Waals surface area contributed by atoms with Gasteiger partial charge >= 0.3 is 0 Å². The van der Waals surface area contributed by atoms with Crippen molar-refractivity contribution in [1.82, 2.24) is 14.6 Å². The third-order valence-corrected chi connectivity index (χ3v) is 4.26. The summed E-state index contributed by atoms with van der Waals surface area (Å²) in [5.41, 5.74) is 1.83. The maximum Gasteiger partial charge on any atom is 0.271 e. The van der Waals surface area contributed by atoms with Crippen LogP contribution in [0.3, 0.4) is 0 Å². The summed E-state index contributed by atoms with van der Waals surface area (Å²) >= 11 is 1.24. The number of carbonyl (C=O) groups excluding carboxylic acids is 1. The molecule has 1 N–H and O–H groups in total. The van der Waals surface area contributed by atoms with Crippen molar-refractivity contribution in [3.8, 4) is 0 Å². The number of aryl methyl sites for hydroxylation is 1. The number of carbonyl (C=O) groups is 1. The van der Waals surface area contributed by atoms with E-state index in [1.807, 2.05) is 24.4 Å². The molecule has 0 bridgehead atoms. The van der Waals surface area contributed by atoms with Gasteiger partial charge in [-0.05, 0) is 24.6 Å². The van der Waals surface area contributed by atoms with Crippen molar-refractivity contribution in [3.05, 3.63) is 58.3 Å². The van der Waals surface area contributed by atoms with E-state index in [1.54, 1.807) is 17.4 Å². The van der Waals surface area contributed by atoms with Crippen LogP contribution in [0.15, 0.2) is 47.8 Å². The Balaban J connectivity index is 1.68. The molecule has 0 fully saturated rings. The molecule has 0 aliphatic carbocycles. The van der Waals surface area contributed by atoms with Gasteiger partial charge in [0, 0.05) is 18.3 Å². The first-order valence-corrected chi connectivity index (χ1v) is 8.00. The molecule has 0 saturated carbocycles. The van der Waals surface area contributed by atoms with Crippen LogP contribution in [0.4, 0.5) is 11.4 Å². The van der Waals surface area contributed by atoms with Crippen LogP contribution in [0.25, 0.3) is 5.65 Å². The largest absolute Gasteiger partial charge is 0.325 e. The van der Waals surface area contributed by atoms with E-state index < -0.39 is 4.92 Å². The minimum atomic E-state index is -0.494. The van der Waals surface area contributed by atoms with Crippen molar-refractivity contribution in [1.29, 1.82) is 0 Å². The molecule has 1 aromatic carbocycles. The van der Waals surface area contributed by atoms with Crippen LogP contribution >= 0.6 is 11.8 Å². The Morgan fingerprint density at radius 2 is 2.17 bits per heavy atom. The molecule has 24 heavy (non-hydrogen) atoms. The summed E-state index contributed by atoms with van der Waals surface area (Å²) in [6.45, 7) is 1.78. The van der Waals surface area contributed by atoms with Gasteiger partial charge in [0.2, 0.25) is 5.91 Å². The first-order valence-electron chi connectivity index (χ1n) is 7.02. The normalized spacial score (nSPS) is 10.7. The second-order valence-electron chi connectivity index (χ2n) is 5.00. The van der Waals surface area contributed by atoms with Gasteiger partial charge in [0.25, 0.3) is 5.69 Å². The molecular formula is C15H13N5O3S. The lowest BCUT2D eigenvalue weighted by molar-refractivity contribution is -0.384. The molecule has 2 aromatic heterocycles. The highest BCUT2D eigenvalue weighted by Gasteiger charge is 2.13. The number of nitrogens with one attached hydrogen (secondary N) is 1. The number of amides is 1. The number of nitro benzene ring substituents is 1. The Morgan fingerprint density at radius 1 is 1.33 bits per heavy atom. The summed E-state index contributed by atoms with van der Waals surface area (Å²) in [5, 5.41) is 22.2. The van der Waals surface area contributed by atoms with Crippen LogP contribution in [0.1, 0.15) is 5.56 Å². The maximum atomic E-state index is 12.1. The molecule has 0 aliphatic rings. The molecule has 0 saturated heterocycles. The van der Waals surface area contributed by atoms with Gasteiger partial charge in [-0.1, -0.05) is 23.9 Å². The van der Waals surface area contributed by atoms with Gasteiger partial charge in [0.05, 0.1) is 16.4 Å². The molecule has 3 rings (SSSR count). The van der Waals surface area contributed by atoms with Crippen molar-refractivity contribution >= 4 is 34.7 Å². The zero-order valence-electron chi connectivity index (χ0n) is 12.7. The molecule has 0 aliphatic heterocycles. The number of aromatic nitrogens is 3.